The van der Waals surface area contributed by atoms with E-state index in [0.29, 0.717) is 17.7 Å². The Bertz CT molecular complexity index is 691. The number of fused-ring (bicyclic) bond motifs is 1. The van der Waals surface area contributed by atoms with Crippen LogP contribution in [0.4, 0.5) is 0 Å². The van der Waals surface area contributed by atoms with Crippen LogP contribution in [0.1, 0.15) is 41.5 Å². The molecule has 0 fully saturated rings. The van der Waals surface area contributed by atoms with Gasteiger partial charge in [-0.05, 0) is 45.0 Å². The van der Waals surface area contributed by atoms with Gasteiger partial charge in [0, 0.05) is 22.7 Å². The molecule has 1 aromatic heterocycles. The van der Waals surface area contributed by atoms with Crippen LogP contribution in [0.2, 0.25) is 0 Å². The minimum absolute atomic E-state index is 0.0720. The fourth-order valence-electron chi connectivity index (χ4n) is 2.01. The lowest BCUT2D eigenvalue weighted by molar-refractivity contribution is 0.0526. The Morgan fingerprint density at radius 3 is 2.70 bits per heavy atom. The third kappa shape index (κ3) is 2.79. The molecule has 0 saturated heterocycles. The number of benzene rings is 1. The number of carbonyl (C=O) groups excluding carboxylic acids is 2. The van der Waals surface area contributed by atoms with E-state index in [9.17, 15) is 9.59 Å². The van der Waals surface area contributed by atoms with E-state index in [1.807, 2.05) is 13.8 Å². The van der Waals surface area contributed by atoms with Crippen molar-refractivity contribution in [2.75, 3.05) is 6.61 Å². The van der Waals surface area contributed by atoms with E-state index in [2.05, 4.69) is 4.98 Å². The summed E-state index contributed by atoms with van der Waals surface area (Å²) in [6.45, 7) is 5.83. The number of nitrogens with one attached hydrogen (secondary N) is 1. The number of ether oxygens (including phenoxy) is 1. The minimum atomic E-state index is -0.379. The first-order valence-electron chi connectivity index (χ1n) is 6.50. The first kappa shape index (κ1) is 14.1. The summed E-state index contributed by atoms with van der Waals surface area (Å²) in [5.74, 6) is -0.450. The lowest BCUT2D eigenvalue weighted by atomic mass is 10.1. The van der Waals surface area contributed by atoms with Gasteiger partial charge in [0.15, 0.2) is 5.78 Å². The first-order valence-corrected chi connectivity index (χ1v) is 6.50. The Balaban J connectivity index is 2.48. The molecule has 0 spiro atoms. The highest BCUT2D eigenvalue weighted by Crippen LogP contribution is 2.21. The molecule has 20 heavy (non-hydrogen) atoms. The molecular formula is C16H17NO3. The number of hydrogen-bond donors (Lipinski definition) is 1. The van der Waals surface area contributed by atoms with E-state index in [-0.39, 0.29) is 11.8 Å². The second kappa shape index (κ2) is 5.74. The van der Waals surface area contributed by atoms with Crippen molar-refractivity contribution in [3.8, 4) is 0 Å². The van der Waals surface area contributed by atoms with Crippen molar-refractivity contribution in [1.29, 1.82) is 0 Å². The summed E-state index contributed by atoms with van der Waals surface area (Å²) in [5, 5.41) is 0.734. The smallest absolute Gasteiger partial charge is 0.338 e. The molecule has 0 radical (unpaired) electrons. The number of carbonyl (C=O) groups is 2. The van der Waals surface area contributed by atoms with Crippen LogP contribution in [0.25, 0.3) is 10.9 Å². The summed E-state index contributed by atoms with van der Waals surface area (Å²) in [6.07, 6.45) is 3.25. The number of aromatic nitrogens is 1. The molecule has 0 unspecified atom stereocenters. The molecule has 4 heteroatoms. The van der Waals surface area contributed by atoms with Crippen molar-refractivity contribution in [3.63, 3.8) is 0 Å². The number of rotatable bonds is 4. The third-order valence-electron chi connectivity index (χ3n) is 2.88. The molecule has 2 rings (SSSR count). The Labute approximate surface area is 117 Å². The van der Waals surface area contributed by atoms with E-state index in [0.717, 1.165) is 16.5 Å². The molecule has 1 heterocycles. The molecule has 0 amide bonds. The number of aromatic amines is 1. The van der Waals surface area contributed by atoms with Gasteiger partial charge >= 0.3 is 5.97 Å². The number of hydrogen-bond acceptors (Lipinski definition) is 3. The molecule has 1 aromatic carbocycles. The van der Waals surface area contributed by atoms with Crippen LogP contribution in [0.15, 0.2) is 36.0 Å². The van der Waals surface area contributed by atoms with Crippen LogP contribution in [0.5, 0.6) is 0 Å². The average molecular weight is 271 g/mol. The zero-order chi connectivity index (χ0) is 14.7. The van der Waals surface area contributed by atoms with Crippen molar-refractivity contribution in [1.82, 2.24) is 4.98 Å². The van der Waals surface area contributed by atoms with E-state index < -0.39 is 0 Å². The SMILES string of the molecule is CCOC(=O)c1ccc2[nH]cc(C(=O)C=C(C)C)c2c1. The maximum Gasteiger partial charge on any atom is 0.338 e. The van der Waals surface area contributed by atoms with Gasteiger partial charge in [-0.15, -0.1) is 0 Å². The third-order valence-corrected chi connectivity index (χ3v) is 2.88. The monoisotopic (exact) mass is 271 g/mol. The molecule has 0 aliphatic rings. The van der Waals surface area contributed by atoms with Gasteiger partial charge in [-0.25, -0.2) is 4.79 Å². The van der Waals surface area contributed by atoms with E-state index in [1.165, 1.54) is 0 Å². The summed E-state index contributed by atoms with van der Waals surface area (Å²) in [7, 11) is 0. The molecule has 0 aliphatic heterocycles. The van der Waals surface area contributed by atoms with Crippen LogP contribution < -0.4 is 0 Å². The standard InChI is InChI=1S/C16H17NO3/c1-4-20-16(19)11-5-6-14-12(8-11)13(9-17-14)15(18)7-10(2)3/h5-9,17H,4H2,1-3H3. The summed E-state index contributed by atoms with van der Waals surface area (Å²) < 4.78 is 4.97. The molecule has 0 bridgehead atoms. The molecule has 4 nitrogen and oxygen atoms in total. The zero-order valence-electron chi connectivity index (χ0n) is 11.8. The van der Waals surface area contributed by atoms with Gasteiger partial charge in [0.05, 0.1) is 12.2 Å². The van der Waals surface area contributed by atoms with Gasteiger partial charge in [0.1, 0.15) is 0 Å². The lowest BCUT2D eigenvalue weighted by Gasteiger charge is -2.02. The van der Waals surface area contributed by atoms with Crippen LogP contribution >= 0.6 is 0 Å². The van der Waals surface area contributed by atoms with E-state index >= 15 is 0 Å². The highest BCUT2D eigenvalue weighted by molar-refractivity contribution is 6.14. The normalized spacial score (nSPS) is 10.3. The second-order valence-corrected chi connectivity index (χ2v) is 4.77. The molecule has 104 valence electrons. The van der Waals surface area contributed by atoms with Gasteiger partial charge in [0.25, 0.3) is 0 Å². The predicted molar refractivity (Wildman–Crippen MR) is 78.0 cm³/mol. The van der Waals surface area contributed by atoms with Gasteiger partial charge in [-0.1, -0.05) is 5.57 Å². The van der Waals surface area contributed by atoms with Gasteiger partial charge in [-0.3, -0.25) is 4.79 Å². The van der Waals surface area contributed by atoms with E-state index in [4.69, 9.17) is 4.74 Å². The highest BCUT2D eigenvalue weighted by atomic mass is 16.5. The minimum Gasteiger partial charge on any atom is -0.462 e. The number of H-pyrrole nitrogens is 1. The van der Waals surface area contributed by atoms with Crippen molar-refractivity contribution in [2.45, 2.75) is 20.8 Å². The van der Waals surface area contributed by atoms with Gasteiger partial charge < -0.3 is 9.72 Å². The van der Waals surface area contributed by atoms with Crippen LogP contribution in [0.3, 0.4) is 0 Å². The van der Waals surface area contributed by atoms with Crippen molar-refractivity contribution in [3.05, 3.63) is 47.2 Å². The van der Waals surface area contributed by atoms with Crippen LogP contribution in [-0.2, 0) is 4.74 Å². The molecule has 2 aromatic rings. The second-order valence-electron chi connectivity index (χ2n) is 4.77. The topological polar surface area (TPSA) is 59.2 Å². The summed E-state index contributed by atoms with van der Waals surface area (Å²) >= 11 is 0. The van der Waals surface area contributed by atoms with Gasteiger partial charge in [-0.2, -0.15) is 0 Å². The molecule has 0 saturated carbocycles. The van der Waals surface area contributed by atoms with Gasteiger partial charge in [0.2, 0.25) is 0 Å². The molecule has 1 N–H and O–H groups in total. The summed E-state index contributed by atoms with van der Waals surface area (Å²) in [4.78, 5) is 26.9. The number of esters is 1. The van der Waals surface area contributed by atoms with E-state index in [1.54, 1.807) is 37.4 Å². The fourth-order valence-corrected chi connectivity index (χ4v) is 2.01. The Hall–Kier alpha value is -2.36. The average Bonchev–Trinajstić information content (AvgIpc) is 2.80. The Kier molecular flexibility index (Phi) is 4.03. The Morgan fingerprint density at radius 2 is 2.05 bits per heavy atom. The quantitative estimate of drug-likeness (QED) is 0.526. The summed E-state index contributed by atoms with van der Waals surface area (Å²) in [6, 6.07) is 5.16. The van der Waals surface area contributed by atoms with Crippen molar-refractivity contribution >= 4 is 22.7 Å². The summed E-state index contributed by atoms with van der Waals surface area (Å²) in [5.41, 5.74) is 2.77. The largest absolute Gasteiger partial charge is 0.462 e. The number of allylic oxidation sites excluding steroid dienone is 2. The molecular weight excluding hydrogens is 254 g/mol. The lowest BCUT2D eigenvalue weighted by Crippen LogP contribution is -2.04. The highest BCUT2D eigenvalue weighted by Gasteiger charge is 2.13. The predicted octanol–water partition coefficient (Wildman–Crippen LogP) is 3.49. The maximum absolute atomic E-state index is 12.1. The Morgan fingerprint density at radius 1 is 1.30 bits per heavy atom. The first-order chi connectivity index (χ1) is 9.52. The zero-order valence-corrected chi connectivity index (χ0v) is 11.8. The maximum atomic E-state index is 12.1. The molecule has 0 aliphatic carbocycles. The van der Waals surface area contributed by atoms with Crippen LogP contribution in [-0.4, -0.2) is 23.3 Å². The van der Waals surface area contributed by atoms with Crippen LogP contribution in [0, 0.1) is 0 Å². The fraction of sp³-hybridized carbons (Fsp3) is 0.250. The van der Waals surface area contributed by atoms with Crippen molar-refractivity contribution < 1.29 is 14.3 Å². The van der Waals surface area contributed by atoms with Crippen molar-refractivity contribution in [2.24, 2.45) is 0 Å². The molecule has 0 atom stereocenters. The number of ketones is 1.